The second-order valence-electron chi connectivity index (χ2n) is 6.18. The van der Waals surface area contributed by atoms with Crippen LogP contribution in [-0.2, 0) is 11.2 Å². The highest BCUT2D eigenvalue weighted by molar-refractivity contribution is 7.18. The first kappa shape index (κ1) is 16.9. The predicted molar refractivity (Wildman–Crippen MR) is 105 cm³/mol. The van der Waals surface area contributed by atoms with Crippen LogP contribution in [0.4, 0.5) is 10.1 Å². The molecule has 0 bridgehead atoms. The van der Waals surface area contributed by atoms with Crippen LogP contribution in [0.1, 0.15) is 33.0 Å². The highest BCUT2D eigenvalue weighted by Crippen LogP contribution is 2.32. The molecule has 0 unspecified atom stereocenters. The van der Waals surface area contributed by atoms with E-state index in [-0.39, 0.29) is 17.7 Å². The summed E-state index contributed by atoms with van der Waals surface area (Å²) in [4.78, 5) is 30.1. The summed E-state index contributed by atoms with van der Waals surface area (Å²) in [6.45, 7) is 0. The maximum atomic E-state index is 12.4. The quantitative estimate of drug-likeness (QED) is 0.663. The molecular formula is C19H17N3O2S2. The number of thiophene rings is 1. The molecule has 7 heteroatoms. The Hall–Kier alpha value is -2.51. The summed E-state index contributed by atoms with van der Waals surface area (Å²) >= 11 is 2.75. The summed E-state index contributed by atoms with van der Waals surface area (Å²) in [6.07, 6.45) is 4.51. The number of nitrogens with zero attached hydrogens (tertiary/aromatic N) is 1. The topological polar surface area (TPSA) is 71.1 Å². The predicted octanol–water partition coefficient (Wildman–Crippen LogP) is 4.40. The van der Waals surface area contributed by atoms with Gasteiger partial charge in [0.15, 0.2) is 5.13 Å². The molecule has 1 aliphatic rings. The third kappa shape index (κ3) is 4.17. The number of anilines is 2. The summed E-state index contributed by atoms with van der Waals surface area (Å²) in [7, 11) is 0. The second kappa shape index (κ2) is 7.39. The van der Waals surface area contributed by atoms with Crippen LogP contribution < -0.4 is 10.6 Å². The zero-order valence-corrected chi connectivity index (χ0v) is 15.5. The fourth-order valence-corrected chi connectivity index (χ4v) is 4.15. The van der Waals surface area contributed by atoms with E-state index in [1.54, 1.807) is 18.3 Å². The van der Waals surface area contributed by atoms with E-state index in [9.17, 15) is 9.59 Å². The van der Waals surface area contributed by atoms with Crippen LogP contribution in [0.5, 0.6) is 0 Å². The van der Waals surface area contributed by atoms with Crippen LogP contribution >= 0.6 is 22.7 Å². The molecule has 1 saturated carbocycles. The minimum Gasteiger partial charge on any atom is -0.317 e. The molecular weight excluding hydrogens is 366 g/mol. The van der Waals surface area contributed by atoms with Gasteiger partial charge in [-0.15, -0.1) is 22.7 Å². The van der Waals surface area contributed by atoms with Crippen molar-refractivity contribution in [2.75, 3.05) is 10.6 Å². The Morgan fingerprint density at radius 3 is 2.62 bits per heavy atom. The lowest BCUT2D eigenvalue weighted by Crippen LogP contribution is -2.12. The van der Waals surface area contributed by atoms with E-state index >= 15 is 0 Å². The lowest BCUT2D eigenvalue weighted by molar-refractivity contribution is -0.117. The summed E-state index contributed by atoms with van der Waals surface area (Å²) < 4.78 is 0. The summed E-state index contributed by atoms with van der Waals surface area (Å²) in [6, 6.07) is 13.6. The molecule has 2 N–H and O–H groups in total. The minimum absolute atomic E-state index is 0.0456. The Balaban J connectivity index is 1.36. The number of amides is 2. The van der Waals surface area contributed by atoms with Crippen molar-refractivity contribution < 1.29 is 9.59 Å². The maximum absolute atomic E-state index is 12.4. The molecule has 1 fully saturated rings. The van der Waals surface area contributed by atoms with Gasteiger partial charge in [0.25, 0.3) is 5.91 Å². The molecule has 1 aliphatic carbocycles. The molecule has 2 amide bonds. The third-order valence-corrected chi connectivity index (χ3v) is 5.93. The normalized spacial score (nSPS) is 13.4. The van der Waals surface area contributed by atoms with Gasteiger partial charge in [0, 0.05) is 23.4 Å². The van der Waals surface area contributed by atoms with Crippen LogP contribution in [0.15, 0.2) is 48.7 Å². The molecule has 0 saturated heterocycles. The molecule has 4 rings (SSSR count). The van der Waals surface area contributed by atoms with E-state index in [1.165, 1.54) is 28.2 Å². The Bertz CT molecular complexity index is 929. The first-order chi connectivity index (χ1) is 12.7. The van der Waals surface area contributed by atoms with E-state index in [0.717, 1.165) is 24.1 Å². The smallest absolute Gasteiger partial charge is 0.267 e. The molecule has 132 valence electrons. The van der Waals surface area contributed by atoms with Crippen LogP contribution in [0, 0.1) is 5.92 Å². The zero-order chi connectivity index (χ0) is 17.9. The third-order valence-electron chi connectivity index (χ3n) is 4.02. The lowest BCUT2D eigenvalue weighted by atomic mass is 10.1. The fourth-order valence-electron chi connectivity index (χ4n) is 2.50. The van der Waals surface area contributed by atoms with E-state index in [4.69, 9.17) is 0 Å². The van der Waals surface area contributed by atoms with Crippen molar-refractivity contribution in [2.45, 2.75) is 19.3 Å². The Kier molecular flexibility index (Phi) is 4.81. The lowest BCUT2D eigenvalue weighted by Gasteiger charge is -2.00. The SMILES string of the molecule is O=C(Nc1ncc(Cc2ccccc2)s1)c1ccc(NC(=O)C2CC2)s1. The number of benzene rings is 1. The standard InChI is InChI=1S/C19H17N3O2S2/c23-17(13-6-7-13)21-16-9-8-15(26-16)18(24)22-19-20-11-14(25-19)10-12-4-2-1-3-5-12/h1-5,8-9,11,13H,6-7,10H2,(H,21,23)(H,20,22,24). The number of aromatic nitrogens is 1. The highest BCUT2D eigenvalue weighted by Gasteiger charge is 2.29. The van der Waals surface area contributed by atoms with Gasteiger partial charge in [-0.05, 0) is 30.5 Å². The van der Waals surface area contributed by atoms with Gasteiger partial charge < -0.3 is 5.32 Å². The van der Waals surface area contributed by atoms with Crippen molar-refractivity contribution in [1.82, 2.24) is 4.98 Å². The van der Waals surface area contributed by atoms with Gasteiger partial charge in [0.1, 0.15) is 0 Å². The monoisotopic (exact) mass is 383 g/mol. The number of carbonyl (C=O) groups excluding carboxylic acids is 2. The van der Waals surface area contributed by atoms with E-state index in [2.05, 4.69) is 27.8 Å². The Morgan fingerprint density at radius 2 is 1.85 bits per heavy atom. The fraction of sp³-hybridized carbons (Fsp3) is 0.211. The number of hydrogen-bond donors (Lipinski definition) is 2. The zero-order valence-electron chi connectivity index (χ0n) is 13.9. The van der Waals surface area contributed by atoms with Gasteiger partial charge in [0.2, 0.25) is 5.91 Å². The Morgan fingerprint density at radius 1 is 1.04 bits per heavy atom. The summed E-state index contributed by atoms with van der Waals surface area (Å²) in [5, 5.41) is 6.98. The summed E-state index contributed by atoms with van der Waals surface area (Å²) in [5.74, 6) is -0.0143. The average molecular weight is 383 g/mol. The molecule has 26 heavy (non-hydrogen) atoms. The van der Waals surface area contributed by atoms with Crippen molar-refractivity contribution in [1.29, 1.82) is 0 Å². The molecule has 3 aromatic rings. The van der Waals surface area contributed by atoms with E-state index in [1.807, 2.05) is 18.2 Å². The maximum Gasteiger partial charge on any atom is 0.267 e. The molecule has 2 heterocycles. The largest absolute Gasteiger partial charge is 0.317 e. The number of nitrogens with one attached hydrogen (secondary N) is 2. The van der Waals surface area contributed by atoms with Crippen molar-refractivity contribution in [3.63, 3.8) is 0 Å². The number of thiazole rings is 1. The number of rotatable bonds is 6. The van der Waals surface area contributed by atoms with Gasteiger partial charge in [-0.1, -0.05) is 30.3 Å². The molecule has 0 radical (unpaired) electrons. The van der Waals surface area contributed by atoms with Crippen molar-refractivity contribution in [3.8, 4) is 0 Å². The molecule has 5 nitrogen and oxygen atoms in total. The van der Waals surface area contributed by atoms with E-state index < -0.39 is 0 Å². The van der Waals surface area contributed by atoms with Crippen molar-refractivity contribution in [2.24, 2.45) is 5.92 Å². The Labute approximate surface area is 159 Å². The van der Waals surface area contributed by atoms with Crippen molar-refractivity contribution in [3.05, 3.63) is 64.0 Å². The average Bonchev–Trinajstić information content (AvgIpc) is 3.25. The number of hydrogen-bond acceptors (Lipinski definition) is 5. The van der Waals surface area contributed by atoms with Gasteiger partial charge in [-0.2, -0.15) is 0 Å². The van der Waals surface area contributed by atoms with Gasteiger partial charge in [-0.3, -0.25) is 14.9 Å². The van der Waals surface area contributed by atoms with Crippen LogP contribution in [0.3, 0.4) is 0 Å². The van der Waals surface area contributed by atoms with Crippen molar-refractivity contribution >= 4 is 44.6 Å². The first-order valence-electron chi connectivity index (χ1n) is 8.38. The van der Waals surface area contributed by atoms with Gasteiger partial charge in [-0.25, -0.2) is 4.98 Å². The first-order valence-corrected chi connectivity index (χ1v) is 10.0. The molecule has 2 aromatic heterocycles. The summed E-state index contributed by atoms with van der Waals surface area (Å²) in [5.41, 5.74) is 1.21. The highest BCUT2D eigenvalue weighted by atomic mass is 32.1. The van der Waals surface area contributed by atoms with Gasteiger partial charge in [0.05, 0.1) is 9.88 Å². The molecule has 0 aliphatic heterocycles. The van der Waals surface area contributed by atoms with Crippen LogP contribution in [0.2, 0.25) is 0 Å². The van der Waals surface area contributed by atoms with Gasteiger partial charge >= 0.3 is 0 Å². The molecule has 0 atom stereocenters. The van der Waals surface area contributed by atoms with Crippen LogP contribution in [0.25, 0.3) is 0 Å². The second-order valence-corrected chi connectivity index (χ2v) is 8.37. The molecule has 0 spiro atoms. The van der Waals surface area contributed by atoms with Crippen LogP contribution in [-0.4, -0.2) is 16.8 Å². The number of carbonyl (C=O) groups is 2. The minimum atomic E-state index is -0.206. The van der Waals surface area contributed by atoms with E-state index in [0.29, 0.717) is 15.0 Å². The molecule has 1 aromatic carbocycles.